The summed E-state index contributed by atoms with van der Waals surface area (Å²) in [5.41, 5.74) is 1.33. The third kappa shape index (κ3) is 3.15. The smallest absolute Gasteiger partial charge is 0.326 e. The van der Waals surface area contributed by atoms with E-state index in [0.29, 0.717) is 23.1 Å². The summed E-state index contributed by atoms with van der Waals surface area (Å²) in [6, 6.07) is 1.73. The molecule has 28 heavy (non-hydrogen) atoms. The Labute approximate surface area is 160 Å². The standard InChI is InChI=1S/C18H21N7O3/c26-13-3-1-2-11(13)21-14-7-15(20-10-4-5-10)25-16(23-14)9(8-19-25)6-12-17(27)24-18(28)22-12/h6-8,10-11,13,20,26H,1-5H2,(H,21,23)(H2,22,24,27,28)/b12-6-/t11-,13-/m0/s1. The Bertz CT molecular complexity index is 994. The maximum atomic E-state index is 11.8. The Hall–Kier alpha value is -3.14. The fourth-order valence-electron chi connectivity index (χ4n) is 3.63. The van der Waals surface area contributed by atoms with E-state index >= 15 is 0 Å². The van der Waals surface area contributed by atoms with Gasteiger partial charge in [0, 0.05) is 17.7 Å². The van der Waals surface area contributed by atoms with Gasteiger partial charge in [-0.3, -0.25) is 10.1 Å². The molecule has 3 heterocycles. The average Bonchev–Trinajstić information content (AvgIpc) is 3.10. The number of anilines is 2. The number of nitrogens with one attached hydrogen (secondary N) is 4. The lowest BCUT2D eigenvalue weighted by molar-refractivity contribution is -0.115. The number of imide groups is 1. The fourth-order valence-corrected chi connectivity index (χ4v) is 3.63. The largest absolute Gasteiger partial charge is 0.391 e. The van der Waals surface area contributed by atoms with Crippen molar-refractivity contribution in [3.05, 3.63) is 23.5 Å². The van der Waals surface area contributed by atoms with Crippen LogP contribution in [0.4, 0.5) is 16.4 Å². The summed E-state index contributed by atoms with van der Waals surface area (Å²) in [5, 5.41) is 26.0. The summed E-state index contributed by atoms with van der Waals surface area (Å²) >= 11 is 0. The predicted octanol–water partition coefficient (Wildman–Crippen LogP) is 0.809. The lowest BCUT2D eigenvalue weighted by atomic mass is 10.2. The topological polar surface area (TPSA) is 133 Å². The molecule has 0 radical (unpaired) electrons. The molecular weight excluding hydrogens is 362 g/mol. The van der Waals surface area contributed by atoms with Crippen molar-refractivity contribution in [3.63, 3.8) is 0 Å². The average molecular weight is 383 g/mol. The highest BCUT2D eigenvalue weighted by Crippen LogP contribution is 2.29. The van der Waals surface area contributed by atoms with Gasteiger partial charge in [0.25, 0.3) is 5.91 Å². The van der Waals surface area contributed by atoms with Crippen LogP contribution in [0.5, 0.6) is 0 Å². The van der Waals surface area contributed by atoms with E-state index in [1.807, 2.05) is 6.07 Å². The first-order valence-corrected chi connectivity index (χ1v) is 9.51. The first-order valence-electron chi connectivity index (χ1n) is 9.51. The van der Waals surface area contributed by atoms with Crippen molar-refractivity contribution in [2.24, 2.45) is 0 Å². The zero-order chi connectivity index (χ0) is 19.3. The molecule has 2 saturated carbocycles. The van der Waals surface area contributed by atoms with E-state index < -0.39 is 11.9 Å². The van der Waals surface area contributed by atoms with E-state index in [9.17, 15) is 14.7 Å². The Kier molecular flexibility index (Phi) is 3.93. The Morgan fingerprint density at radius 1 is 1.18 bits per heavy atom. The molecule has 1 saturated heterocycles. The summed E-state index contributed by atoms with van der Waals surface area (Å²) in [4.78, 5) is 27.8. The van der Waals surface area contributed by atoms with Crippen LogP contribution in [0.25, 0.3) is 11.7 Å². The Balaban J connectivity index is 1.54. The molecule has 5 rings (SSSR count). The van der Waals surface area contributed by atoms with Gasteiger partial charge in [0.2, 0.25) is 0 Å². The molecular formula is C18H21N7O3. The van der Waals surface area contributed by atoms with Crippen LogP contribution in [0.15, 0.2) is 18.0 Å². The first-order chi connectivity index (χ1) is 13.6. The van der Waals surface area contributed by atoms with Crippen LogP contribution in [-0.2, 0) is 4.79 Å². The molecule has 2 atom stereocenters. The van der Waals surface area contributed by atoms with Crippen LogP contribution < -0.4 is 21.3 Å². The van der Waals surface area contributed by atoms with Gasteiger partial charge in [-0.05, 0) is 38.2 Å². The third-order valence-corrected chi connectivity index (χ3v) is 5.26. The van der Waals surface area contributed by atoms with Crippen molar-refractivity contribution in [1.29, 1.82) is 0 Å². The third-order valence-electron chi connectivity index (χ3n) is 5.26. The van der Waals surface area contributed by atoms with Gasteiger partial charge in [0.05, 0.1) is 18.3 Å². The lowest BCUT2D eigenvalue weighted by Crippen LogP contribution is -2.28. The number of hydrogen-bond acceptors (Lipinski definition) is 7. The number of carbonyl (C=O) groups is 2. The van der Waals surface area contributed by atoms with Gasteiger partial charge in [-0.15, -0.1) is 0 Å². The van der Waals surface area contributed by atoms with Crippen molar-refractivity contribution in [2.75, 3.05) is 10.6 Å². The molecule has 2 aromatic rings. The van der Waals surface area contributed by atoms with Crippen molar-refractivity contribution in [3.8, 4) is 0 Å². The van der Waals surface area contributed by atoms with E-state index in [0.717, 1.165) is 37.9 Å². The summed E-state index contributed by atoms with van der Waals surface area (Å²) < 4.78 is 1.69. The van der Waals surface area contributed by atoms with Crippen LogP contribution in [0.2, 0.25) is 0 Å². The number of amides is 3. The zero-order valence-electron chi connectivity index (χ0n) is 15.1. The van der Waals surface area contributed by atoms with Gasteiger partial charge in [-0.1, -0.05) is 0 Å². The van der Waals surface area contributed by atoms with Gasteiger partial charge < -0.3 is 21.1 Å². The Morgan fingerprint density at radius 3 is 2.71 bits per heavy atom. The number of aromatic nitrogens is 3. The van der Waals surface area contributed by atoms with Crippen molar-refractivity contribution >= 4 is 35.3 Å². The van der Waals surface area contributed by atoms with Gasteiger partial charge in [-0.2, -0.15) is 9.61 Å². The van der Waals surface area contributed by atoms with E-state index in [2.05, 4.69) is 31.3 Å². The maximum absolute atomic E-state index is 11.8. The van der Waals surface area contributed by atoms with Crippen LogP contribution in [-0.4, -0.2) is 49.8 Å². The molecule has 2 aromatic heterocycles. The number of aliphatic hydroxyl groups is 1. The minimum atomic E-state index is -0.547. The minimum absolute atomic E-state index is 0.0339. The molecule has 0 aromatic carbocycles. The second-order valence-electron chi connectivity index (χ2n) is 7.50. The summed E-state index contributed by atoms with van der Waals surface area (Å²) in [7, 11) is 0. The number of fused-ring (bicyclic) bond motifs is 1. The molecule has 3 fully saturated rings. The van der Waals surface area contributed by atoms with Crippen molar-refractivity contribution < 1.29 is 14.7 Å². The van der Waals surface area contributed by atoms with E-state index in [1.54, 1.807) is 16.8 Å². The maximum Gasteiger partial charge on any atom is 0.326 e. The fraction of sp³-hybridized carbons (Fsp3) is 0.444. The Morgan fingerprint density at radius 2 is 2.04 bits per heavy atom. The predicted molar refractivity (Wildman–Crippen MR) is 102 cm³/mol. The molecule has 1 aliphatic heterocycles. The minimum Gasteiger partial charge on any atom is -0.391 e. The quantitative estimate of drug-likeness (QED) is 0.381. The van der Waals surface area contributed by atoms with Gasteiger partial charge in [0.15, 0.2) is 5.65 Å². The van der Waals surface area contributed by atoms with E-state index in [4.69, 9.17) is 0 Å². The van der Waals surface area contributed by atoms with Gasteiger partial charge >= 0.3 is 6.03 Å². The van der Waals surface area contributed by atoms with E-state index in [-0.39, 0.29) is 17.8 Å². The molecule has 146 valence electrons. The number of hydrogen-bond donors (Lipinski definition) is 5. The van der Waals surface area contributed by atoms with Crippen LogP contribution >= 0.6 is 0 Å². The molecule has 0 bridgehead atoms. The van der Waals surface area contributed by atoms with Gasteiger partial charge in [0.1, 0.15) is 17.3 Å². The van der Waals surface area contributed by atoms with Crippen LogP contribution in [0.1, 0.15) is 37.7 Å². The molecule has 0 unspecified atom stereocenters. The molecule has 0 spiro atoms. The highest BCUT2D eigenvalue weighted by Gasteiger charge is 2.28. The van der Waals surface area contributed by atoms with Crippen molar-refractivity contribution in [1.82, 2.24) is 25.2 Å². The first kappa shape index (κ1) is 17.0. The lowest BCUT2D eigenvalue weighted by Gasteiger charge is -2.18. The van der Waals surface area contributed by atoms with Crippen LogP contribution in [0, 0.1) is 0 Å². The monoisotopic (exact) mass is 383 g/mol. The molecule has 10 heteroatoms. The number of urea groups is 1. The number of rotatable bonds is 5. The molecule has 10 nitrogen and oxygen atoms in total. The van der Waals surface area contributed by atoms with Crippen LogP contribution in [0.3, 0.4) is 0 Å². The number of carbonyl (C=O) groups excluding carboxylic acids is 2. The van der Waals surface area contributed by atoms with E-state index in [1.165, 1.54) is 0 Å². The SMILES string of the molecule is O=C1NC(=O)/C(=C/c2cnn3c(NC4CC4)cc(N[C@H]4CCC[C@@H]4O)nc23)N1. The summed E-state index contributed by atoms with van der Waals surface area (Å²) in [6.07, 6.45) is 7.66. The molecule has 2 aliphatic carbocycles. The van der Waals surface area contributed by atoms with Gasteiger partial charge in [-0.25, -0.2) is 9.78 Å². The summed E-state index contributed by atoms with van der Waals surface area (Å²) in [6.45, 7) is 0. The normalized spacial score (nSPS) is 26.0. The van der Waals surface area contributed by atoms with Crippen molar-refractivity contribution in [2.45, 2.75) is 50.3 Å². The number of aliphatic hydroxyl groups excluding tert-OH is 1. The summed E-state index contributed by atoms with van der Waals surface area (Å²) in [5.74, 6) is 0.956. The zero-order valence-corrected chi connectivity index (χ0v) is 15.1. The number of nitrogens with zero attached hydrogens (tertiary/aromatic N) is 3. The second-order valence-corrected chi connectivity index (χ2v) is 7.50. The molecule has 3 aliphatic rings. The second kappa shape index (κ2) is 6.48. The molecule has 5 N–H and O–H groups in total. The highest BCUT2D eigenvalue weighted by atomic mass is 16.3. The molecule has 3 amide bonds. The highest BCUT2D eigenvalue weighted by molar-refractivity contribution is 6.14.